The first-order valence-corrected chi connectivity index (χ1v) is 4.66. The Labute approximate surface area is 57.4 Å². The highest BCUT2D eigenvalue weighted by atomic mass is 31.1. The third kappa shape index (κ3) is 3.61. The van der Waals surface area contributed by atoms with E-state index in [4.69, 9.17) is 4.74 Å². The van der Waals surface area contributed by atoms with Crippen LogP contribution in [0.15, 0.2) is 0 Å². The average Bonchev–Trinajstić information content (AvgIpc) is 1.87. The molecule has 0 aromatic heterocycles. The van der Waals surface area contributed by atoms with E-state index in [0.29, 0.717) is 12.0 Å². The summed E-state index contributed by atoms with van der Waals surface area (Å²) in [6, 6.07) is 0. The van der Waals surface area contributed by atoms with Crippen molar-refractivity contribution in [3.63, 3.8) is 0 Å². The minimum absolute atomic E-state index is 0.306. The summed E-state index contributed by atoms with van der Waals surface area (Å²) in [5.41, 5.74) is 0.306. The van der Waals surface area contributed by atoms with Gasteiger partial charge in [-0.05, 0) is 13.3 Å². The minimum Gasteiger partial charge on any atom is -0.341 e. The smallest absolute Gasteiger partial charge is 0.341 e. The first-order valence-electron chi connectivity index (χ1n) is 3.15. The van der Waals surface area contributed by atoms with E-state index < -0.39 is 7.80 Å². The first kappa shape index (κ1) is 9.06. The molecule has 0 amide bonds. The van der Waals surface area contributed by atoms with Crippen molar-refractivity contribution in [2.75, 3.05) is 13.5 Å². The van der Waals surface area contributed by atoms with Gasteiger partial charge in [-0.25, -0.2) is 0 Å². The second kappa shape index (κ2) is 4.89. The van der Waals surface area contributed by atoms with Crippen LogP contribution in [0.1, 0.15) is 20.3 Å². The summed E-state index contributed by atoms with van der Waals surface area (Å²) in [5.74, 6) is 0. The lowest BCUT2D eigenvalue weighted by Gasteiger charge is -1.92. The van der Waals surface area contributed by atoms with E-state index in [1.54, 1.807) is 7.11 Å². The standard InChI is InChI=1S/C6H14O2P/c1-4-6(2)9(7)5-8-3/h6H,4-5H2,1-3H3/q+1. The molecule has 2 atom stereocenters. The molecule has 0 saturated carbocycles. The molecule has 0 aromatic carbocycles. The van der Waals surface area contributed by atoms with Gasteiger partial charge in [-0.15, -0.1) is 0 Å². The molecule has 9 heavy (non-hydrogen) atoms. The van der Waals surface area contributed by atoms with Crippen molar-refractivity contribution in [1.82, 2.24) is 0 Å². The van der Waals surface area contributed by atoms with Gasteiger partial charge in [0.05, 0.1) is 0 Å². The van der Waals surface area contributed by atoms with Gasteiger partial charge in [-0.2, -0.15) is 0 Å². The molecule has 0 fully saturated rings. The summed E-state index contributed by atoms with van der Waals surface area (Å²) >= 11 is 0. The van der Waals surface area contributed by atoms with Crippen LogP contribution < -0.4 is 0 Å². The topological polar surface area (TPSA) is 26.3 Å². The molecule has 0 N–H and O–H groups in total. The number of ether oxygens (including phenoxy) is 1. The fourth-order valence-electron chi connectivity index (χ4n) is 0.458. The van der Waals surface area contributed by atoms with Crippen LogP contribution in [0, 0.1) is 0 Å². The van der Waals surface area contributed by atoms with Crippen LogP contribution in [-0.2, 0) is 9.30 Å². The predicted molar refractivity (Wildman–Crippen MR) is 39.2 cm³/mol. The van der Waals surface area contributed by atoms with Gasteiger partial charge in [0.1, 0.15) is 0 Å². The maximum atomic E-state index is 11.0. The molecule has 0 radical (unpaired) electrons. The van der Waals surface area contributed by atoms with Gasteiger partial charge in [0.25, 0.3) is 0 Å². The Bertz CT molecular complexity index is 93.1. The zero-order valence-electron chi connectivity index (χ0n) is 6.26. The average molecular weight is 149 g/mol. The fraction of sp³-hybridized carbons (Fsp3) is 1.00. The lowest BCUT2D eigenvalue weighted by atomic mass is 10.4. The number of hydrogen-bond acceptors (Lipinski definition) is 2. The zero-order valence-corrected chi connectivity index (χ0v) is 7.15. The molecule has 0 aliphatic carbocycles. The molecular formula is C6H14O2P+. The van der Waals surface area contributed by atoms with E-state index in [1.807, 2.05) is 13.8 Å². The third-order valence-corrected chi connectivity index (χ3v) is 3.20. The van der Waals surface area contributed by atoms with Crippen LogP contribution in [-0.4, -0.2) is 19.1 Å². The van der Waals surface area contributed by atoms with Crippen molar-refractivity contribution in [2.24, 2.45) is 0 Å². The summed E-state index contributed by atoms with van der Waals surface area (Å²) < 4.78 is 15.7. The highest BCUT2D eigenvalue weighted by Crippen LogP contribution is 2.28. The maximum absolute atomic E-state index is 11.0. The molecule has 0 spiro atoms. The normalized spacial score (nSPS) is 15.2. The maximum Gasteiger partial charge on any atom is 0.369 e. The third-order valence-electron chi connectivity index (χ3n) is 1.34. The van der Waals surface area contributed by atoms with Crippen LogP contribution >= 0.6 is 7.80 Å². The van der Waals surface area contributed by atoms with Crippen LogP contribution in [0.25, 0.3) is 0 Å². The highest BCUT2D eigenvalue weighted by molar-refractivity contribution is 7.45. The van der Waals surface area contributed by atoms with Crippen molar-refractivity contribution >= 4 is 7.80 Å². The monoisotopic (exact) mass is 149 g/mol. The molecular weight excluding hydrogens is 135 g/mol. The lowest BCUT2D eigenvalue weighted by Crippen LogP contribution is -1.95. The Kier molecular flexibility index (Phi) is 4.93. The van der Waals surface area contributed by atoms with Gasteiger partial charge in [-0.3, -0.25) is 0 Å². The Balaban J connectivity index is 3.46. The molecule has 0 saturated heterocycles. The van der Waals surface area contributed by atoms with E-state index in [0.717, 1.165) is 6.42 Å². The molecule has 0 aliphatic rings. The number of hydrogen-bond donors (Lipinski definition) is 0. The lowest BCUT2D eigenvalue weighted by molar-refractivity contribution is 0.250. The molecule has 2 unspecified atom stereocenters. The Morgan fingerprint density at radius 2 is 2.22 bits per heavy atom. The van der Waals surface area contributed by atoms with Gasteiger partial charge in [0.15, 0.2) is 5.66 Å². The van der Waals surface area contributed by atoms with E-state index in [2.05, 4.69) is 0 Å². The Morgan fingerprint density at radius 1 is 1.67 bits per heavy atom. The first-order chi connectivity index (χ1) is 4.22. The van der Waals surface area contributed by atoms with Gasteiger partial charge < -0.3 is 4.74 Å². The highest BCUT2D eigenvalue weighted by Gasteiger charge is 2.22. The van der Waals surface area contributed by atoms with Crippen LogP contribution in [0.3, 0.4) is 0 Å². The summed E-state index contributed by atoms with van der Waals surface area (Å²) in [7, 11) is 0.465. The predicted octanol–water partition coefficient (Wildman–Crippen LogP) is 2.22. The van der Waals surface area contributed by atoms with E-state index in [9.17, 15) is 4.57 Å². The quantitative estimate of drug-likeness (QED) is 0.573. The van der Waals surface area contributed by atoms with Gasteiger partial charge in [0, 0.05) is 7.11 Å². The molecule has 3 heteroatoms. The van der Waals surface area contributed by atoms with Crippen LogP contribution in [0.5, 0.6) is 0 Å². The fourth-order valence-corrected chi connectivity index (χ4v) is 1.37. The molecule has 0 bridgehead atoms. The molecule has 0 aliphatic heterocycles. The zero-order chi connectivity index (χ0) is 7.28. The number of rotatable bonds is 4. The van der Waals surface area contributed by atoms with E-state index in [-0.39, 0.29) is 0 Å². The summed E-state index contributed by atoms with van der Waals surface area (Å²) in [6.45, 7) is 4.02. The SMILES string of the molecule is CCC(C)[P+](=O)COC. The van der Waals surface area contributed by atoms with Crippen LogP contribution in [0.4, 0.5) is 0 Å². The van der Waals surface area contributed by atoms with Crippen molar-refractivity contribution in [1.29, 1.82) is 0 Å². The van der Waals surface area contributed by atoms with Crippen molar-refractivity contribution in [3.05, 3.63) is 0 Å². The molecule has 0 rings (SSSR count). The van der Waals surface area contributed by atoms with Crippen molar-refractivity contribution in [2.45, 2.75) is 25.9 Å². The Hall–Kier alpha value is 0.0600. The van der Waals surface area contributed by atoms with Crippen molar-refractivity contribution in [3.8, 4) is 0 Å². The molecule has 0 aromatic rings. The minimum atomic E-state index is -1.11. The molecule has 2 nitrogen and oxygen atoms in total. The van der Waals surface area contributed by atoms with E-state index >= 15 is 0 Å². The summed E-state index contributed by atoms with van der Waals surface area (Å²) in [4.78, 5) is 0. The van der Waals surface area contributed by atoms with Gasteiger partial charge in [0.2, 0.25) is 6.35 Å². The van der Waals surface area contributed by atoms with Gasteiger partial charge in [-0.1, -0.05) is 11.5 Å². The Morgan fingerprint density at radius 3 is 2.56 bits per heavy atom. The van der Waals surface area contributed by atoms with Gasteiger partial charge >= 0.3 is 7.80 Å². The second-order valence-electron chi connectivity index (χ2n) is 2.09. The number of methoxy groups -OCH3 is 1. The van der Waals surface area contributed by atoms with Crippen molar-refractivity contribution < 1.29 is 9.30 Å². The summed E-state index contributed by atoms with van der Waals surface area (Å²) in [6.07, 6.45) is 1.38. The van der Waals surface area contributed by atoms with E-state index in [1.165, 1.54) is 0 Å². The molecule has 0 heterocycles. The molecule has 54 valence electrons. The van der Waals surface area contributed by atoms with Crippen LogP contribution in [0.2, 0.25) is 0 Å². The second-order valence-corrected chi connectivity index (χ2v) is 4.07. The largest absolute Gasteiger partial charge is 0.369 e. The summed E-state index contributed by atoms with van der Waals surface area (Å²) in [5, 5.41) is 0.